The first kappa shape index (κ1) is 23.9. The van der Waals surface area contributed by atoms with Crippen molar-refractivity contribution in [2.75, 3.05) is 6.61 Å². The van der Waals surface area contributed by atoms with Gasteiger partial charge in [-0.1, -0.05) is 66.7 Å². The Balaban J connectivity index is 0.00000155. The Morgan fingerprint density at radius 2 is 1.67 bits per heavy atom. The van der Waals surface area contributed by atoms with Crippen molar-refractivity contribution in [3.63, 3.8) is 0 Å². The van der Waals surface area contributed by atoms with Gasteiger partial charge in [0.1, 0.15) is 17.4 Å². The van der Waals surface area contributed by atoms with Crippen molar-refractivity contribution < 1.29 is 26.7 Å². The van der Waals surface area contributed by atoms with Crippen LogP contribution in [0.2, 0.25) is 0 Å². The molecule has 162 valence electrons. The number of hydrogen-bond acceptors (Lipinski definition) is 2. The van der Waals surface area contributed by atoms with E-state index >= 15 is 0 Å². The molecule has 0 bridgehead atoms. The highest BCUT2D eigenvalue weighted by Gasteiger charge is 2.30. The Morgan fingerprint density at radius 1 is 1.10 bits per heavy atom. The molecule has 1 atom stereocenters. The third kappa shape index (κ3) is 5.84. The SMILES string of the molecule is C=C1NC(c2c(F)cc(OCC(F)(F)F)cc2F)=C(c2ccccc2)CC1Br.CC. The number of ether oxygens (including phenoxy) is 1. The van der Waals surface area contributed by atoms with Crippen molar-refractivity contribution in [3.8, 4) is 5.75 Å². The van der Waals surface area contributed by atoms with Crippen LogP contribution in [0.3, 0.4) is 0 Å². The highest BCUT2D eigenvalue weighted by Crippen LogP contribution is 2.39. The van der Waals surface area contributed by atoms with E-state index in [9.17, 15) is 22.0 Å². The van der Waals surface area contributed by atoms with Gasteiger partial charge in [-0.05, 0) is 17.6 Å². The maximum Gasteiger partial charge on any atom is 0.422 e. The molecule has 0 aliphatic carbocycles. The van der Waals surface area contributed by atoms with E-state index in [1.807, 2.05) is 19.9 Å². The first-order chi connectivity index (χ1) is 14.2. The lowest BCUT2D eigenvalue weighted by Gasteiger charge is -2.28. The van der Waals surface area contributed by atoms with Gasteiger partial charge in [0.15, 0.2) is 6.61 Å². The molecule has 1 N–H and O–H groups in total. The summed E-state index contributed by atoms with van der Waals surface area (Å²) in [6.45, 7) is 6.21. The third-order valence-corrected chi connectivity index (χ3v) is 5.02. The van der Waals surface area contributed by atoms with E-state index in [-0.39, 0.29) is 16.1 Å². The fraction of sp³-hybridized carbons (Fsp3) is 0.273. The minimum absolute atomic E-state index is 0.146. The van der Waals surface area contributed by atoms with Crippen molar-refractivity contribution in [1.82, 2.24) is 5.32 Å². The fourth-order valence-corrected chi connectivity index (χ4v) is 3.31. The molecule has 1 unspecified atom stereocenters. The van der Waals surface area contributed by atoms with Crippen molar-refractivity contribution in [2.24, 2.45) is 0 Å². The van der Waals surface area contributed by atoms with E-state index in [2.05, 4.69) is 32.6 Å². The van der Waals surface area contributed by atoms with E-state index in [4.69, 9.17) is 0 Å². The Hall–Kier alpha value is -2.35. The second-order valence-corrected chi connectivity index (χ2v) is 7.31. The van der Waals surface area contributed by atoms with E-state index in [1.165, 1.54) is 0 Å². The Bertz CT molecular complexity index is 902. The largest absolute Gasteiger partial charge is 0.484 e. The lowest BCUT2D eigenvalue weighted by Crippen LogP contribution is -2.26. The van der Waals surface area contributed by atoms with Gasteiger partial charge in [-0.2, -0.15) is 13.2 Å². The zero-order chi connectivity index (χ0) is 22.5. The predicted molar refractivity (Wildman–Crippen MR) is 112 cm³/mol. The van der Waals surface area contributed by atoms with Gasteiger partial charge in [-0.3, -0.25) is 0 Å². The minimum Gasteiger partial charge on any atom is -0.484 e. The molecule has 3 rings (SSSR count). The van der Waals surface area contributed by atoms with Crippen LogP contribution in [0.25, 0.3) is 11.3 Å². The van der Waals surface area contributed by atoms with Gasteiger partial charge < -0.3 is 10.1 Å². The van der Waals surface area contributed by atoms with Crippen LogP contribution in [0, 0.1) is 11.6 Å². The summed E-state index contributed by atoms with van der Waals surface area (Å²) in [6.07, 6.45) is -4.18. The van der Waals surface area contributed by atoms with Gasteiger partial charge >= 0.3 is 6.18 Å². The molecule has 0 saturated carbocycles. The average molecular weight is 490 g/mol. The highest BCUT2D eigenvalue weighted by molar-refractivity contribution is 9.09. The van der Waals surface area contributed by atoms with Crippen LogP contribution in [0.5, 0.6) is 5.75 Å². The van der Waals surface area contributed by atoms with E-state index in [0.717, 1.165) is 17.7 Å². The normalized spacial score (nSPS) is 16.5. The Labute approximate surface area is 180 Å². The first-order valence-corrected chi connectivity index (χ1v) is 10.1. The molecule has 2 nitrogen and oxygen atoms in total. The summed E-state index contributed by atoms with van der Waals surface area (Å²) < 4.78 is 70.7. The molecule has 0 amide bonds. The highest BCUT2D eigenvalue weighted by atomic mass is 79.9. The lowest BCUT2D eigenvalue weighted by atomic mass is 9.91. The predicted octanol–water partition coefficient (Wildman–Crippen LogP) is 7.07. The zero-order valence-electron chi connectivity index (χ0n) is 16.4. The molecule has 30 heavy (non-hydrogen) atoms. The molecule has 0 spiro atoms. The van der Waals surface area contributed by atoms with E-state index in [1.54, 1.807) is 24.3 Å². The summed E-state index contributed by atoms with van der Waals surface area (Å²) in [5.74, 6) is -2.60. The summed E-state index contributed by atoms with van der Waals surface area (Å²) in [5.41, 5.74) is 1.74. The van der Waals surface area contributed by atoms with Gasteiger partial charge in [-0.25, -0.2) is 8.78 Å². The molecule has 2 aromatic rings. The number of benzene rings is 2. The van der Waals surface area contributed by atoms with Gasteiger partial charge in [0.05, 0.1) is 16.1 Å². The van der Waals surface area contributed by atoms with Crippen LogP contribution in [-0.2, 0) is 0 Å². The second-order valence-electron chi connectivity index (χ2n) is 6.21. The van der Waals surface area contributed by atoms with E-state index in [0.29, 0.717) is 17.7 Å². The molecule has 0 aromatic heterocycles. The second kappa shape index (κ2) is 10.1. The van der Waals surface area contributed by atoms with Crippen LogP contribution in [-0.4, -0.2) is 17.6 Å². The third-order valence-electron chi connectivity index (χ3n) is 4.14. The number of hydrogen-bond donors (Lipinski definition) is 1. The maximum absolute atomic E-state index is 14.7. The van der Waals surface area contributed by atoms with Crippen molar-refractivity contribution in [1.29, 1.82) is 0 Å². The maximum atomic E-state index is 14.7. The number of allylic oxidation sites excluding steroid dienone is 2. The van der Waals surface area contributed by atoms with Crippen LogP contribution in [0.1, 0.15) is 31.4 Å². The number of nitrogens with one attached hydrogen (secondary N) is 1. The molecule has 2 aromatic carbocycles. The van der Waals surface area contributed by atoms with Gasteiger partial charge in [0.2, 0.25) is 0 Å². The summed E-state index contributed by atoms with van der Waals surface area (Å²) in [4.78, 5) is -0.146. The van der Waals surface area contributed by atoms with Crippen molar-refractivity contribution in [3.05, 3.63) is 77.5 Å². The molecule has 0 saturated heterocycles. The topological polar surface area (TPSA) is 21.3 Å². The summed E-state index contributed by atoms with van der Waals surface area (Å²) >= 11 is 3.47. The smallest absolute Gasteiger partial charge is 0.422 e. The Morgan fingerprint density at radius 3 is 2.20 bits per heavy atom. The first-order valence-electron chi connectivity index (χ1n) is 9.23. The molecular weight excluding hydrogens is 469 g/mol. The van der Waals surface area contributed by atoms with Crippen molar-refractivity contribution in [2.45, 2.75) is 31.3 Å². The zero-order valence-corrected chi connectivity index (χ0v) is 18.0. The van der Waals surface area contributed by atoms with Crippen LogP contribution in [0.15, 0.2) is 54.7 Å². The van der Waals surface area contributed by atoms with E-state index < -0.39 is 30.2 Å². The summed E-state index contributed by atoms with van der Waals surface area (Å²) in [7, 11) is 0. The summed E-state index contributed by atoms with van der Waals surface area (Å²) in [6, 6.07) is 10.5. The minimum atomic E-state index is -4.61. The van der Waals surface area contributed by atoms with Crippen LogP contribution >= 0.6 is 15.9 Å². The molecule has 8 heteroatoms. The molecule has 0 fully saturated rings. The van der Waals surface area contributed by atoms with Gasteiger partial charge in [0.25, 0.3) is 0 Å². The summed E-state index contributed by atoms with van der Waals surface area (Å²) in [5, 5.41) is 2.93. The Kier molecular flexibility index (Phi) is 8.06. The number of rotatable bonds is 4. The van der Waals surface area contributed by atoms with Gasteiger partial charge in [-0.15, -0.1) is 0 Å². The van der Waals surface area contributed by atoms with Crippen LogP contribution < -0.4 is 10.1 Å². The standard InChI is InChI=1S/C20H15BrF5NO.C2H6/c1-11-15(21)9-14(12-5-3-2-4-6-12)19(27-11)18-16(22)7-13(8-17(18)23)28-10-20(24,25)26;1-2/h2-8,15,27H,1,9-10H2;1-2H3. The fourth-order valence-electron chi connectivity index (χ4n) is 2.87. The molecule has 1 aliphatic heterocycles. The molecular formula is C22H21BrF5NO. The lowest BCUT2D eigenvalue weighted by molar-refractivity contribution is -0.153. The number of halogens is 6. The molecule has 0 radical (unpaired) electrons. The molecule has 1 aliphatic rings. The molecule has 1 heterocycles. The van der Waals surface area contributed by atoms with Crippen molar-refractivity contribution >= 4 is 27.2 Å². The van der Waals surface area contributed by atoms with Gasteiger partial charge in [0, 0.05) is 17.8 Å². The van der Waals surface area contributed by atoms with Crippen LogP contribution in [0.4, 0.5) is 22.0 Å². The monoisotopic (exact) mass is 489 g/mol. The average Bonchev–Trinajstić information content (AvgIpc) is 2.70. The quantitative estimate of drug-likeness (QED) is 0.366. The number of alkyl halides is 4.